The smallest absolute Gasteiger partial charge is 0.253 e. The topological polar surface area (TPSA) is 55.6 Å². The standard InChI is InChI=1S/C18H18N2O3S/c1-12-6-7-13(18(21)20(2)3)9-14(12)22-11-17-19-10-15(23-17)16-5-4-8-24-16/h4-10H,11H2,1-3H3. The van der Waals surface area contributed by atoms with E-state index in [9.17, 15) is 4.79 Å². The number of ether oxygens (including phenoxy) is 1. The minimum Gasteiger partial charge on any atom is -0.484 e. The summed E-state index contributed by atoms with van der Waals surface area (Å²) >= 11 is 1.60. The van der Waals surface area contributed by atoms with Gasteiger partial charge in [0, 0.05) is 19.7 Å². The molecule has 0 fully saturated rings. The summed E-state index contributed by atoms with van der Waals surface area (Å²) in [4.78, 5) is 18.9. The lowest BCUT2D eigenvalue weighted by Crippen LogP contribution is -2.21. The van der Waals surface area contributed by atoms with Crippen molar-refractivity contribution in [1.29, 1.82) is 0 Å². The van der Waals surface area contributed by atoms with Crippen molar-refractivity contribution in [2.45, 2.75) is 13.5 Å². The van der Waals surface area contributed by atoms with E-state index in [4.69, 9.17) is 9.15 Å². The van der Waals surface area contributed by atoms with Crippen molar-refractivity contribution in [3.05, 3.63) is 58.9 Å². The highest BCUT2D eigenvalue weighted by Crippen LogP contribution is 2.26. The zero-order chi connectivity index (χ0) is 17.1. The Morgan fingerprint density at radius 1 is 1.33 bits per heavy atom. The van der Waals surface area contributed by atoms with E-state index < -0.39 is 0 Å². The first-order valence-electron chi connectivity index (χ1n) is 7.48. The first-order chi connectivity index (χ1) is 11.5. The van der Waals surface area contributed by atoms with E-state index in [1.165, 1.54) is 4.90 Å². The van der Waals surface area contributed by atoms with E-state index in [1.807, 2.05) is 30.5 Å². The first-order valence-corrected chi connectivity index (χ1v) is 8.36. The molecule has 124 valence electrons. The number of rotatable bonds is 5. The highest BCUT2D eigenvalue weighted by atomic mass is 32.1. The number of hydrogen-bond acceptors (Lipinski definition) is 5. The molecule has 0 saturated heterocycles. The van der Waals surface area contributed by atoms with Crippen molar-refractivity contribution >= 4 is 17.2 Å². The third-order valence-corrected chi connectivity index (χ3v) is 4.39. The van der Waals surface area contributed by atoms with Crippen LogP contribution in [0.2, 0.25) is 0 Å². The summed E-state index contributed by atoms with van der Waals surface area (Å²) in [5.41, 5.74) is 1.54. The van der Waals surface area contributed by atoms with Gasteiger partial charge in [0.15, 0.2) is 12.4 Å². The SMILES string of the molecule is Cc1ccc(C(=O)N(C)C)cc1OCc1ncc(-c2cccs2)o1. The van der Waals surface area contributed by atoms with Crippen LogP contribution in [0.1, 0.15) is 21.8 Å². The van der Waals surface area contributed by atoms with Crippen molar-refractivity contribution < 1.29 is 13.9 Å². The summed E-state index contributed by atoms with van der Waals surface area (Å²) in [6, 6.07) is 9.37. The molecule has 2 aromatic heterocycles. The Labute approximate surface area is 144 Å². The highest BCUT2D eigenvalue weighted by molar-refractivity contribution is 7.13. The fourth-order valence-corrected chi connectivity index (χ4v) is 2.87. The van der Waals surface area contributed by atoms with Crippen molar-refractivity contribution in [2.75, 3.05) is 14.1 Å². The van der Waals surface area contributed by atoms with Gasteiger partial charge in [-0.3, -0.25) is 4.79 Å². The third kappa shape index (κ3) is 3.49. The van der Waals surface area contributed by atoms with E-state index in [0.717, 1.165) is 16.2 Å². The van der Waals surface area contributed by atoms with Gasteiger partial charge in [-0.25, -0.2) is 4.98 Å². The van der Waals surface area contributed by atoms with Gasteiger partial charge in [0.2, 0.25) is 5.89 Å². The fourth-order valence-electron chi connectivity index (χ4n) is 2.20. The van der Waals surface area contributed by atoms with Gasteiger partial charge in [-0.05, 0) is 36.1 Å². The van der Waals surface area contributed by atoms with Crippen LogP contribution in [-0.2, 0) is 6.61 Å². The second kappa shape index (κ2) is 6.88. The lowest BCUT2D eigenvalue weighted by atomic mass is 10.1. The molecule has 0 spiro atoms. The Morgan fingerprint density at radius 3 is 2.88 bits per heavy atom. The minimum atomic E-state index is -0.0593. The molecule has 6 heteroatoms. The van der Waals surface area contributed by atoms with Gasteiger partial charge in [-0.1, -0.05) is 12.1 Å². The molecule has 0 aliphatic heterocycles. The fraction of sp³-hybridized carbons (Fsp3) is 0.222. The van der Waals surface area contributed by atoms with Crippen LogP contribution < -0.4 is 4.74 Å². The average molecular weight is 342 g/mol. The Hall–Kier alpha value is -2.60. The Morgan fingerprint density at radius 2 is 2.17 bits per heavy atom. The van der Waals surface area contributed by atoms with Crippen LogP contribution in [0.5, 0.6) is 5.75 Å². The van der Waals surface area contributed by atoms with Crippen molar-refractivity contribution in [1.82, 2.24) is 9.88 Å². The predicted molar refractivity (Wildman–Crippen MR) is 93.3 cm³/mol. The second-order valence-corrected chi connectivity index (χ2v) is 6.51. The molecule has 0 aliphatic rings. The molecule has 2 heterocycles. The average Bonchev–Trinajstić information content (AvgIpc) is 3.24. The maximum absolute atomic E-state index is 12.1. The number of carbonyl (C=O) groups is 1. The number of hydrogen-bond donors (Lipinski definition) is 0. The van der Waals surface area contributed by atoms with Gasteiger partial charge < -0.3 is 14.1 Å². The van der Waals surface area contributed by atoms with E-state index in [-0.39, 0.29) is 12.5 Å². The minimum absolute atomic E-state index is 0.0593. The molecule has 0 saturated carbocycles. The first kappa shape index (κ1) is 16.3. The lowest BCUT2D eigenvalue weighted by molar-refractivity contribution is 0.0827. The van der Waals surface area contributed by atoms with Gasteiger partial charge in [0.1, 0.15) is 5.75 Å². The van der Waals surface area contributed by atoms with E-state index in [0.29, 0.717) is 17.2 Å². The second-order valence-electron chi connectivity index (χ2n) is 5.56. The number of nitrogens with zero attached hydrogens (tertiary/aromatic N) is 2. The molecular weight excluding hydrogens is 324 g/mol. The number of oxazole rings is 1. The van der Waals surface area contributed by atoms with E-state index in [2.05, 4.69) is 4.98 Å². The van der Waals surface area contributed by atoms with Gasteiger partial charge in [0.05, 0.1) is 11.1 Å². The molecule has 24 heavy (non-hydrogen) atoms. The van der Waals surface area contributed by atoms with Gasteiger partial charge in [-0.2, -0.15) is 0 Å². The molecule has 0 N–H and O–H groups in total. The molecular formula is C18H18N2O3S. The maximum atomic E-state index is 12.1. The van der Waals surface area contributed by atoms with Crippen molar-refractivity contribution in [2.24, 2.45) is 0 Å². The normalized spacial score (nSPS) is 10.6. The summed E-state index contributed by atoms with van der Waals surface area (Å²) in [5, 5.41) is 1.99. The summed E-state index contributed by atoms with van der Waals surface area (Å²) < 4.78 is 11.5. The van der Waals surface area contributed by atoms with Crippen LogP contribution in [0.3, 0.4) is 0 Å². The van der Waals surface area contributed by atoms with Crippen molar-refractivity contribution in [3.8, 4) is 16.4 Å². The zero-order valence-corrected chi connectivity index (χ0v) is 14.6. The summed E-state index contributed by atoms with van der Waals surface area (Å²) in [5.74, 6) is 1.83. The zero-order valence-electron chi connectivity index (χ0n) is 13.8. The van der Waals surface area contributed by atoms with Gasteiger partial charge in [-0.15, -0.1) is 11.3 Å². The van der Waals surface area contributed by atoms with Crippen molar-refractivity contribution in [3.63, 3.8) is 0 Å². The van der Waals surface area contributed by atoms with Crippen LogP contribution in [0.15, 0.2) is 46.3 Å². The largest absolute Gasteiger partial charge is 0.484 e. The van der Waals surface area contributed by atoms with E-state index >= 15 is 0 Å². The summed E-state index contributed by atoms with van der Waals surface area (Å²) in [6.45, 7) is 2.15. The highest BCUT2D eigenvalue weighted by Gasteiger charge is 2.12. The predicted octanol–water partition coefficient (Wildman–Crippen LogP) is 3.99. The number of amides is 1. The van der Waals surface area contributed by atoms with Crippen LogP contribution in [0.25, 0.3) is 10.6 Å². The Bertz CT molecular complexity index is 838. The summed E-state index contributed by atoms with van der Waals surface area (Å²) in [7, 11) is 3.45. The lowest BCUT2D eigenvalue weighted by Gasteiger charge is -2.13. The number of benzene rings is 1. The monoisotopic (exact) mass is 342 g/mol. The maximum Gasteiger partial charge on any atom is 0.253 e. The molecule has 5 nitrogen and oxygen atoms in total. The molecule has 0 aliphatic carbocycles. The number of carbonyl (C=O) groups excluding carboxylic acids is 1. The molecule has 0 atom stereocenters. The van der Waals surface area contributed by atoms with Crippen LogP contribution in [0.4, 0.5) is 0 Å². The number of aryl methyl sites for hydroxylation is 1. The Balaban J connectivity index is 1.72. The summed E-state index contributed by atoms with van der Waals surface area (Å²) in [6.07, 6.45) is 1.70. The van der Waals surface area contributed by atoms with E-state index in [1.54, 1.807) is 43.8 Å². The molecule has 0 radical (unpaired) electrons. The molecule has 0 bridgehead atoms. The van der Waals surface area contributed by atoms with Crippen LogP contribution in [-0.4, -0.2) is 29.9 Å². The third-order valence-electron chi connectivity index (χ3n) is 3.51. The van der Waals surface area contributed by atoms with Crippen LogP contribution >= 0.6 is 11.3 Å². The molecule has 3 rings (SSSR count). The number of thiophene rings is 1. The quantitative estimate of drug-likeness (QED) is 0.703. The van der Waals surface area contributed by atoms with Crippen LogP contribution in [0, 0.1) is 6.92 Å². The molecule has 1 amide bonds. The van der Waals surface area contributed by atoms with Gasteiger partial charge in [0.25, 0.3) is 5.91 Å². The molecule has 3 aromatic rings. The Kier molecular flexibility index (Phi) is 4.66. The molecule has 0 unspecified atom stereocenters. The number of aromatic nitrogens is 1. The van der Waals surface area contributed by atoms with Gasteiger partial charge >= 0.3 is 0 Å². The molecule has 1 aromatic carbocycles.